The van der Waals surface area contributed by atoms with Gasteiger partial charge in [-0.05, 0) is 81.1 Å². The number of likely N-dealkylation sites (tertiary alicyclic amines) is 1. The number of rotatable bonds is 8. The number of ether oxygens (including phenoxy) is 2. The van der Waals surface area contributed by atoms with Gasteiger partial charge in [-0.1, -0.05) is 37.8 Å². The van der Waals surface area contributed by atoms with E-state index in [1.54, 1.807) is 7.11 Å². The maximum atomic E-state index is 13.5. The molecule has 178 valence electrons. The van der Waals surface area contributed by atoms with Gasteiger partial charge in [0, 0.05) is 18.3 Å². The molecule has 2 aromatic carbocycles. The van der Waals surface area contributed by atoms with Crippen LogP contribution in [0.4, 0.5) is 5.69 Å². The molecule has 0 bridgehead atoms. The highest BCUT2D eigenvalue weighted by molar-refractivity contribution is 5.99. The van der Waals surface area contributed by atoms with Crippen LogP contribution in [-0.2, 0) is 10.2 Å². The van der Waals surface area contributed by atoms with Gasteiger partial charge in [-0.25, -0.2) is 0 Å². The van der Waals surface area contributed by atoms with Crippen LogP contribution in [0.2, 0.25) is 0 Å². The van der Waals surface area contributed by atoms with Crippen molar-refractivity contribution in [1.29, 1.82) is 0 Å². The SMILES string of the molecule is COc1ccc(C2(C(=O)Nc3ccc(OCCN4CCCC[C@H]4C)cc3)CCCCC2)cc1. The number of carbonyl (C=O) groups is 1. The van der Waals surface area contributed by atoms with Crippen molar-refractivity contribution >= 4 is 11.6 Å². The Kier molecular flexibility index (Phi) is 7.92. The van der Waals surface area contributed by atoms with Crippen molar-refractivity contribution in [2.45, 2.75) is 69.7 Å². The number of amides is 1. The molecule has 1 aliphatic heterocycles. The topological polar surface area (TPSA) is 50.8 Å². The minimum Gasteiger partial charge on any atom is -0.497 e. The molecule has 0 spiro atoms. The lowest BCUT2D eigenvalue weighted by atomic mass is 9.68. The fraction of sp³-hybridized carbons (Fsp3) is 0.536. The van der Waals surface area contributed by atoms with Gasteiger partial charge in [0.25, 0.3) is 0 Å². The van der Waals surface area contributed by atoms with Crippen LogP contribution in [0.25, 0.3) is 0 Å². The maximum absolute atomic E-state index is 13.5. The van der Waals surface area contributed by atoms with E-state index in [-0.39, 0.29) is 5.91 Å². The summed E-state index contributed by atoms with van der Waals surface area (Å²) in [6, 6.07) is 16.5. The zero-order chi connectivity index (χ0) is 23.1. The molecule has 4 rings (SSSR count). The monoisotopic (exact) mass is 450 g/mol. The van der Waals surface area contributed by atoms with Crippen LogP contribution >= 0.6 is 0 Å². The highest BCUT2D eigenvalue weighted by Gasteiger charge is 2.41. The molecular weight excluding hydrogens is 412 g/mol. The van der Waals surface area contributed by atoms with Crippen molar-refractivity contribution in [3.8, 4) is 11.5 Å². The van der Waals surface area contributed by atoms with E-state index in [1.165, 1.54) is 32.2 Å². The van der Waals surface area contributed by atoms with Crippen LogP contribution in [0.5, 0.6) is 11.5 Å². The van der Waals surface area contributed by atoms with Crippen LogP contribution < -0.4 is 14.8 Å². The number of methoxy groups -OCH3 is 1. The molecule has 0 aromatic heterocycles. The molecule has 33 heavy (non-hydrogen) atoms. The fourth-order valence-corrected chi connectivity index (χ4v) is 5.37. The summed E-state index contributed by atoms with van der Waals surface area (Å²) in [7, 11) is 1.67. The molecule has 1 amide bonds. The van der Waals surface area contributed by atoms with Gasteiger partial charge in [0.05, 0.1) is 12.5 Å². The molecule has 1 saturated heterocycles. The lowest BCUT2D eigenvalue weighted by Gasteiger charge is -2.36. The number of nitrogens with zero attached hydrogens (tertiary/aromatic N) is 1. The zero-order valence-corrected chi connectivity index (χ0v) is 20.1. The Bertz CT molecular complexity index is 888. The van der Waals surface area contributed by atoms with Crippen molar-refractivity contribution in [1.82, 2.24) is 4.90 Å². The average Bonchev–Trinajstić information content (AvgIpc) is 2.86. The molecule has 2 fully saturated rings. The second-order valence-corrected chi connectivity index (χ2v) is 9.58. The highest BCUT2D eigenvalue weighted by Crippen LogP contribution is 2.41. The Labute approximate surface area is 198 Å². The van der Waals surface area contributed by atoms with Crippen molar-refractivity contribution in [3.05, 3.63) is 54.1 Å². The summed E-state index contributed by atoms with van der Waals surface area (Å²) >= 11 is 0. The molecule has 1 N–H and O–H groups in total. The quantitative estimate of drug-likeness (QED) is 0.553. The van der Waals surface area contributed by atoms with Crippen LogP contribution in [0.15, 0.2) is 48.5 Å². The van der Waals surface area contributed by atoms with Gasteiger partial charge >= 0.3 is 0 Å². The summed E-state index contributed by atoms with van der Waals surface area (Å²) in [5, 5.41) is 3.19. The van der Waals surface area contributed by atoms with Crippen molar-refractivity contribution in [2.24, 2.45) is 0 Å². The fourth-order valence-electron chi connectivity index (χ4n) is 5.37. The third-order valence-corrected chi connectivity index (χ3v) is 7.48. The predicted octanol–water partition coefficient (Wildman–Crippen LogP) is 5.79. The summed E-state index contributed by atoms with van der Waals surface area (Å²) in [6.07, 6.45) is 8.99. The van der Waals surface area contributed by atoms with Gasteiger partial charge in [0.1, 0.15) is 18.1 Å². The molecule has 1 atom stereocenters. The summed E-state index contributed by atoms with van der Waals surface area (Å²) in [5.41, 5.74) is 1.41. The summed E-state index contributed by atoms with van der Waals surface area (Å²) < 4.78 is 11.3. The lowest BCUT2D eigenvalue weighted by molar-refractivity contribution is -0.122. The second-order valence-electron chi connectivity index (χ2n) is 9.58. The van der Waals surface area contributed by atoms with E-state index in [4.69, 9.17) is 9.47 Å². The van der Waals surface area contributed by atoms with Gasteiger partial charge in [0.2, 0.25) is 5.91 Å². The number of hydrogen-bond donors (Lipinski definition) is 1. The minimum absolute atomic E-state index is 0.0834. The van der Waals surface area contributed by atoms with Crippen molar-refractivity contribution in [3.63, 3.8) is 0 Å². The van der Waals surface area contributed by atoms with Crippen LogP contribution in [0.1, 0.15) is 63.9 Å². The first-order valence-electron chi connectivity index (χ1n) is 12.5. The number of hydrogen-bond acceptors (Lipinski definition) is 4. The van der Waals surface area contributed by atoms with E-state index in [9.17, 15) is 4.79 Å². The summed E-state index contributed by atoms with van der Waals surface area (Å²) in [4.78, 5) is 16.0. The van der Waals surface area contributed by atoms with Gasteiger partial charge < -0.3 is 14.8 Å². The van der Waals surface area contributed by atoms with Gasteiger partial charge in [-0.15, -0.1) is 0 Å². The molecule has 2 aromatic rings. The molecule has 5 nitrogen and oxygen atoms in total. The Hall–Kier alpha value is -2.53. The maximum Gasteiger partial charge on any atom is 0.235 e. The number of benzene rings is 2. The lowest BCUT2D eigenvalue weighted by Crippen LogP contribution is -2.42. The predicted molar refractivity (Wildman–Crippen MR) is 133 cm³/mol. The Morgan fingerprint density at radius 1 is 0.970 bits per heavy atom. The van der Waals surface area contributed by atoms with Gasteiger partial charge in [-0.3, -0.25) is 9.69 Å². The Morgan fingerprint density at radius 3 is 2.33 bits per heavy atom. The van der Waals surface area contributed by atoms with E-state index in [0.29, 0.717) is 12.6 Å². The first-order chi connectivity index (χ1) is 16.1. The van der Waals surface area contributed by atoms with Crippen molar-refractivity contribution < 1.29 is 14.3 Å². The molecular formula is C28H38N2O3. The number of anilines is 1. The van der Waals surface area contributed by atoms with E-state index in [1.807, 2.05) is 48.5 Å². The summed E-state index contributed by atoms with van der Waals surface area (Å²) in [5.74, 6) is 1.75. The van der Waals surface area contributed by atoms with Crippen molar-refractivity contribution in [2.75, 3.05) is 32.1 Å². The van der Waals surface area contributed by atoms with Gasteiger partial charge in [-0.2, -0.15) is 0 Å². The van der Waals surface area contributed by atoms with Crippen LogP contribution in [0, 0.1) is 0 Å². The van der Waals surface area contributed by atoms with E-state index >= 15 is 0 Å². The summed E-state index contributed by atoms with van der Waals surface area (Å²) in [6.45, 7) is 5.13. The molecule has 0 radical (unpaired) electrons. The first-order valence-corrected chi connectivity index (χ1v) is 12.5. The van der Waals surface area contributed by atoms with Crippen LogP contribution in [0.3, 0.4) is 0 Å². The molecule has 2 aliphatic rings. The average molecular weight is 451 g/mol. The molecule has 1 saturated carbocycles. The second kappa shape index (κ2) is 11.1. The van der Waals surface area contributed by atoms with E-state index < -0.39 is 5.41 Å². The van der Waals surface area contributed by atoms with E-state index in [0.717, 1.165) is 55.0 Å². The zero-order valence-electron chi connectivity index (χ0n) is 20.1. The molecule has 0 unspecified atom stereocenters. The normalized spacial score (nSPS) is 20.7. The highest BCUT2D eigenvalue weighted by atomic mass is 16.5. The molecule has 1 heterocycles. The third-order valence-electron chi connectivity index (χ3n) is 7.48. The largest absolute Gasteiger partial charge is 0.497 e. The standard InChI is InChI=1S/C28H38N2O3/c1-22-8-4-7-19-30(22)20-21-33-26-15-11-24(12-16-26)29-27(31)28(17-5-3-6-18-28)23-9-13-25(32-2)14-10-23/h9-16,22H,3-8,17-21H2,1-2H3,(H,29,31)/t22-/m1/s1. The van der Waals surface area contributed by atoms with Crippen LogP contribution in [-0.4, -0.2) is 43.7 Å². The minimum atomic E-state index is -0.481. The Morgan fingerprint density at radius 2 is 1.67 bits per heavy atom. The Balaban J connectivity index is 1.37. The van der Waals surface area contributed by atoms with E-state index in [2.05, 4.69) is 17.1 Å². The molecule has 1 aliphatic carbocycles. The molecule has 5 heteroatoms. The number of nitrogens with one attached hydrogen (secondary N) is 1. The first kappa shape index (κ1) is 23.6. The third kappa shape index (κ3) is 5.70. The number of carbonyl (C=O) groups excluding carboxylic acids is 1. The van der Waals surface area contributed by atoms with Gasteiger partial charge in [0.15, 0.2) is 0 Å². The number of piperidine rings is 1. The smallest absolute Gasteiger partial charge is 0.235 e.